The first kappa shape index (κ1) is 8.93. The minimum absolute atomic E-state index is 0.108. The Bertz CT molecular complexity index is 497. The maximum absolute atomic E-state index is 11.5. The second kappa shape index (κ2) is 3.25. The maximum Gasteiger partial charge on any atom is 0.274 e. The zero-order valence-electron chi connectivity index (χ0n) is 8.19. The van der Waals surface area contributed by atoms with Gasteiger partial charge in [-0.15, -0.1) is 0 Å². The van der Waals surface area contributed by atoms with Crippen molar-refractivity contribution in [2.45, 2.75) is 20.3 Å². The van der Waals surface area contributed by atoms with Crippen LogP contribution in [0.5, 0.6) is 0 Å². The van der Waals surface area contributed by atoms with Gasteiger partial charge in [0.15, 0.2) is 0 Å². The van der Waals surface area contributed by atoms with Crippen molar-refractivity contribution < 1.29 is 0 Å². The van der Waals surface area contributed by atoms with Crippen molar-refractivity contribution >= 4 is 5.78 Å². The second-order valence-corrected chi connectivity index (χ2v) is 3.71. The molecule has 1 N–H and O–H groups in total. The number of nitrogens with one attached hydrogen (secondary N) is 1. The summed E-state index contributed by atoms with van der Waals surface area (Å²) in [5.41, 5.74) is 0.695. The number of nitrogens with zero attached hydrogens (tertiary/aromatic N) is 3. The molecule has 2 rings (SSSR count). The predicted octanol–water partition coefficient (Wildman–Crippen LogP) is 0.616. The first-order chi connectivity index (χ1) is 6.66. The van der Waals surface area contributed by atoms with Gasteiger partial charge in [0.2, 0.25) is 0 Å². The Balaban J connectivity index is 2.53. The molecule has 0 aromatic carbocycles. The molecule has 0 fully saturated rings. The van der Waals surface area contributed by atoms with Crippen molar-refractivity contribution in [3.8, 4) is 0 Å². The normalized spacial score (nSPS) is 11.4. The highest BCUT2D eigenvalue weighted by Gasteiger charge is 2.05. The fourth-order valence-electron chi connectivity index (χ4n) is 1.39. The zero-order valence-corrected chi connectivity index (χ0v) is 8.19. The van der Waals surface area contributed by atoms with Crippen molar-refractivity contribution in [1.29, 1.82) is 0 Å². The fourth-order valence-corrected chi connectivity index (χ4v) is 1.39. The molecular formula is C9H12N4O. The van der Waals surface area contributed by atoms with Crippen molar-refractivity contribution in [3.63, 3.8) is 0 Å². The number of fused-ring (bicyclic) bond motifs is 1. The molecule has 0 spiro atoms. The summed E-state index contributed by atoms with van der Waals surface area (Å²) in [6.45, 7) is 4.18. The molecule has 2 aromatic heterocycles. The lowest BCUT2D eigenvalue weighted by molar-refractivity contribution is 0.633. The van der Waals surface area contributed by atoms with E-state index in [2.05, 4.69) is 28.9 Å². The Morgan fingerprint density at radius 1 is 1.57 bits per heavy atom. The van der Waals surface area contributed by atoms with E-state index < -0.39 is 0 Å². The van der Waals surface area contributed by atoms with Gasteiger partial charge in [-0.3, -0.25) is 9.89 Å². The molecule has 0 amide bonds. The highest BCUT2D eigenvalue weighted by atomic mass is 16.1. The SMILES string of the molecule is CC(C)Cc1cc(=O)n2[nH]cnc2n1. The minimum Gasteiger partial charge on any atom is -0.278 e. The number of aromatic amines is 1. The molecule has 5 nitrogen and oxygen atoms in total. The van der Waals surface area contributed by atoms with Gasteiger partial charge in [0.25, 0.3) is 11.3 Å². The van der Waals surface area contributed by atoms with Crippen LogP contribution in [0, 0.1) is 5.92 Å². The molecule has 5 heteroatoms. The van der Waals surface area contributed by atoms with Crippen LogP contribution in [0.4, 0.5) is 0 Å². The van der Waals surface area contributed by atoms with Gasteiger partial charge >= 0.3 is 0 Å². The monoisotopic (exact) mass is 192 g/mol. The average Bonchev–Trinajstić information content (AvgIpc) is 2.50. The third kappa shape index (κ3) is 1.53. The lowest BCUT2D eigenvalue weighted by Crippen LogP contribution is -2.16. The number of rotatable bonds is 2. The maximum atomic E-state index is 11.5. The predicted molar refractivity (Wildman–Crippen MR) is 52.1 cm³/mol. The first-order valence-electron chi connectivity index (χ1n) is 4.59. The van der Waals surface area contributed by atoms with Crippen LogP contribution in [-0.2, 0) is 6.42 Å². The van der Waals surface area contributed by atoms with Crippen molar-refractivity contribution in [1.82, 2.24) is 19.6 Å². The van der Waals surface area contributed by atoms with Gasteiger partial charge in [0, 0.05) is 6.07 Å². The largest absolute Gasteiger partial charge is 0.278 e. The smallest absolute Gasteiger partial charge is 0.274 e. The third-order valence-electron chi connectivity index (χ3n) is 1.94. The Morgan fingerprint density at radius 3 is 3.07 bits per heavy atom. The molecule has 0 saturated carbocycles. The highest BCUT2D eigenvalue weighted by Crippen LogP contribution is 2.03. The molecule has 14 heavy (non-hydrogen) atoms. The Morgan fingerprint density at radius 2 is 2.36 bits per heavy atom. The number of hydrogen-bond acceptors (Lipinski definition) is 3. The molecule has 0 aliphatic carbocycles. The Kier molecular flexibility index (Phi) is 2.07. The van der Waals surface area contributed by atoms with Crippen LogP contribution in [0.15, 0.2) is 17.2 Å². The summed E-state index contributed by atoms with van der Waals surface area (Å²) >= 11 is 0. The van der Waals surface area contributed by atoms with Crippen LogP contribution >= 0.6 is 0 Å². The van der Waals surface area contributed by atoms with Gasteiger partial charge in [-0.05, 0) is 12.3 Å². The van der Waals surface area contributed by atoms with Gasteiger partial charge in [0.1, 0.15) is 6.33 Å². The average molecular weight is 192 g/mol. The van der Waals surface area contributed by atoms with Crippen LogP contribution in [0.2, 0.25) is 0 Å². The van der Waals surface area contributed by atoms with Crippen molar-refractivity contribution in [3.05, 3.63) is 28.4 Å². The lowest BCUT2D eigenvalue weighted by Gasteiger charge is -2.02. The standard InChI is InChI=1S/C9H12N4O/c1-6(2)3-7-4-8(14)13-9(12-7)10-5-11-13/h4-6H,3H2,1-2H3,(H,10,11,12). The molecule has 2 heterocycles. The highest BCUT2D eigenvalue weighted by molar-refractivity contribution is 5.26. The van der Waals surface area contributed by atoms with E-state index in [4.69, 9.17) is 0 Å². The molecule has 74 valence electrons. The van der Waals surface area contributed by atoms with E-state index in [9.17, 15) is 4.79 Å². The van der Waals surface area contributed by atoms with E-state index in [-0.39, 0.29) is 5.56 Å². The molecule has 0 aliphatic heterocycles. The van der Waals surface area contributed by atoms with Gasteiger partial charge in [-0.2, -0.15) is 4.52 Å². The van der Waals surface area contributed by atoms with E-state index in [1.807, 2.05) is 0 Å². The van der Waals surface area contributed by atoms with Crippen LogP contribution in [0.3, 0.4) is 0 Å². The third-order valence-corrected chi connectivity index (χ3v) is 1.94. The van der Waals surface area contributed by atoms with E-state index >= 15 is 0 Å². The minimum atomic E-state index is -0.108. The van der Waals surface area contributed by atoms with Crippen LogP contribution < -0.4 is 5.56 Å². The number of hydrogen-bond donors (Lipinski definition) is 1. The summed E-state index contributed by atoms with van der Waals surface area (Å²) in [7, 11) is 0. The summed E-state index contributed by atoms with van der Waals surface area (Å²) in [5, 5.41) is 2.70. The van der Waals surface area contributed by atoms with E-state index in [0.29, 0.717) is 11.7 Å². The Labute approximate surface area is 80.8 Å². The van der Waals surface area contributed by atoms with Crippen LogP contribution in [0.1, 0.15) is 19.5 Å². The molecule has 0 radical (unpaired) electrons. The summed E-state index contributed by atoms with van der Waals surface area (Å²) in [4.78, 5) is 19.7. The Hall–Kier alpha value is -1.65. The molecule has 0 bridgehead atoms. The van der Waals surface area contributed by atoms with E-state index in [0.717, 1.165) is 12.1 Å². The van der Waals surface area contributed by atoms with Crippen molar-refractivity contribution in [2.24, 2.45) is 5.92 Å². The van der Waals surface area contributed by atoms with Crippen LogP contribution in [0.25, 0.3) is 5.78 Å². The van der Waals surface area contributed by atoms with Gasteiger partial charge in [-0.25, -0.2) is 9.97 Å². The van der Waals surface area contributed by atoms with Gasteiger partial charge in [-0.1, -0.05) is 13.8 Å². The summed E-state index contributed by atoms with van der Waals surface area (Å²) in [6.07, 6.45) is 2.27. The molecule has 0 unspecified atom stereocenters. The molecule has 2 aromatic rings. The molecule has 0 saturated heterocycles. The lowest BCUT2D eigenvalue weighted by atomic mass is 10.1. The topological polar surface area (TPSA) is 63.0 Å². The summed E-state index contributed by atoms with van der Waals surface area (Å²) in [6, 6.07) is 1.55. The fraction of sp³-hybridized carbons (Fsp3) is 0.444. The molecular weight excluding hydrogens is 180 g/mol. The van der Waals surface area contributed by atoms with E-state index in [1.165, 1.54) is 10.8 Å². The molecule has 0 atom stereocenters. The van der Waals surface area contributed by atoms with Gasteiger partial charge in [0.05, 0.1) is 5.69 Å². The quantitative estimate of drug-likeness (QED) is 0.758. The van der Waals surface area contributed by atoms with Crippen molar-refractivity contribution in [2.75, 3.05) is 0 Å². The molecule has 0 aliphatic rings. The van der Waals surface area contributed by atoms with E-state index in [1.54, 1.807) is 6.07 Å². The zero-order chi connectivity index (χ0) is 10.1. The second-order valence-electron chi connectivity index (χ2n) is 3.71. The van der Waals surface area contributed by atoms with Crippen LogP contribution in [-0.4, -0.2) is 19.6 Å². The number of aromatic nitrogens is 4. The van der Waals surface area contributed by atoms with Gasteiger partial charge < -0.3 is 0 Å². The first-order valence-corrected chi connectivity index (χ1v) is 4.59. The number of H-pyrrole nitrogens is 1. The summed E-state index contributed by atoms with van der Waals surface area (Å²) in [5.74, 6) is 0.927. The summed E-state index contributed by atoms with van der Waals surface area (Å²) < 4.78 is 1.32.